The fourth-order valence-electron chi connectivity index (χ4n) is 16.3. The molecule has 0 radical (unpaired) electrons. The van der Waals surface area contributed by atoms with Crippen LogP contribution in [0.1, 0.15) is 22.3 Å². The maximum Gasteiger partial charge on any atom is 0.143 e. The van der Waals surface area contributed by atoms with Gasteiger partial charge in [0.1, 0.15) is 33.9 Å². The minimum atomic E-state index is -0.801. The van der Waals surface area contributed by atoms with Gasteiger partial charge in [-0.1, -0.05) is 267 Å². The minimum absolute atomic E-state index is 0.801. The van der Waals surface area contributed by atoms with Crippen molar-refractivity contribution in [2.45, 2.75) is 5.41 Å². The van der Waals surface area contributed by atoms with Crippen LogP contribution in [0, 0.1) is 0 Å². The Balaban J connectivity index is 0.757. The van der Waals surface area contributed by atoms with Crippen LogP contribution in [0.4, 0.5) is 34.1 Å². The standard InChI is InChI=1S/C95H60N2O3/c1-5-23-65(24-6-1)91-88-81-34-14-18-40-85(81)95(90(88)92(100-91)66-25-7-2-8-26-66)84-39-17-13-31-76(84)83-60-67(61-43-51-70(52-44-61)96(68-27-9-3-10-28-68)71-53-45-62(46-54-71)74-35-21-37-79-77-32-15-19-41-86(77)98-93(74)79)59-82(89(83)95)64-49-57-73(58-50-64)97(69-29-11-4-12-30-69)72-55-47-63(48-56-72)75-36-22-38-80-78-33-16-20-42-87(78)99-94(75)80/h1-60H. The van der Waals surface area contributed by atoms with Crippen molar-refractivity contribution in [1.82, 2.24) is 0 Å². The second kappa shape index (κ2) is 23.0. The van der Waals surface area contributed by atoms with E-state index in [2.05, 4.69) is 350 Å². The molecule has 5 nitrogen and oxygen atoms in total. The Bertz CT molecular complexity index is 6170. The highest BCUT2D eigenvalue weighted by Gasteiger charge is 2.56. The van der Waals surface area contributed by atoms with Crippen molar-refractivity contribution in [3.05, 3.63) is 386 Å². The summed E-state index contributed by atoms with van der Waals surface area (Å²) < 4.78 is 20.6. The number of hydrogen-bond acceptors (Lipinski definition) is 5. The summed E-state index contributed by atoms with van der Waals surface area (Å²) in [5.74, 6) is 1.74. The van der Waals surface area contributed by atoms with Crippen molar-refractivity contribution in [2.24, 2.45) is 0 Å². The smallest absolute Gasteiger partial charge is 0.143 e. The number of benzene rings is 15. The highest BCUT2D eigenvalue weighted by molar-refractivity contribution is 6.11. The molecule has 0 amide bonds. The first-order valence-corrected chi connectivity index (χ1v) is 34.2. The largest absolute Gasteiger partial charge is 0.455 e. The van der Waals surface area contributed by atoms with E-state index in [9.17, 15) is 0 Å². The van der Waals surface area contributed by atoms with Gasteiger partial charge in [0.2, 0.25) is 0 Å². The van der Waals surface area contributed by atoms with E-state index >= 15 is 0 Å². The van der Waals surface area contributed by atoms with Crippen molar-refractivity contribution in [3.8, 4) is 89.4 Å². The van der Waals surface area contributed by atoms with E-state index in [4.69, 9.17) is 13.3 Å². The normalized spacial score (nSPS) is 13.4. The maximum atomic E-state index is 7.49. The monoisotopic (exact) mass is 1280 g/mol. The van der Waals surface area contributed by atoms with Gasteiger partial charge in [0, 0.05) is 89.0 Å². The number of furan rings is 3. The molecule has 0 bridgehead atoms. The first-order chi connectivity index (χ1) is 49.6. The molecule has 1 unspecified atom stereocenters. The van der Waals surface area contributed by atoms with E-state index < -0.39 is 5.41 Å². The average molecular weight is 1280 g/mol. The molecule has 468 valence electrons. The van der Waals surface area contributed by atoms with E-state index in [0.717, 1.165) is 156 Å². The van der Waals surface area contributed by atoms with Gasteiger partial charge in [0.05, 0.1) is 5.41 Å². The topological polar surface area (TPSA) is 45.9 Å². The Morgan fingerprint density at radius 3 is 1.07 bits per heavy atom. The minimum Gasteiger partial charge on any atom is -0.455 e. The molecule has 1 atom stereocenters. The van der Waals surface area contributed by atoms with E-state index in [1.165, 1.54) is 33.4 Å². The van der Waals surface area contributed by atoms with Crippen LogP contribution in [0.2, 0.25) is 0 Å². The Hall–Kier alpha value is -13.2. The zero-order chi connectivity index (χ0) is 65.8. The summed E-state index contributed by atoms with van der Waals surface area (Å²) in [6.07, 6.45) is 0. The molecule has 20 rings (SSSR count). The van der Waals surface area contributed by atoms with Crippen LogP contribution in [-0.4, -0.2) is 0 Å². The van der Waals surface area contributed by atoms with Crippen LogP contribution in [-0.2, 0) is 5.41 Å². The lowest BCUT2D eigenvalue weighted by Gasteiger charge is -2.32. The Morgan fingerprint density at radius 2 is 0.570 bits per heavy atom. The Kier molecular flexibility index (Phi) is 13.1. The summed E-state index contributed by atoms with van der Waals surface area (Å²) in [6, 6.07) is 132. The third-order valence-electron chi connectivity index (χ3n) is 20.7. The number of para-hydroxylation sites is 6. The zero-order valence-corrected chi connectivity index (χ0v) is 54.3. The van der Waals surface area contributed by atoms with Gasteiger partial charge in [-0.05, 0) is 164 Å². The van der Waals surface area contributed by atoms with E-state index in [0.29, 0.717) is 0 Å². The molecule has 2 aliphatic carbocycles. The summed E-state index contributed by atoms with van der Waals surface area (Å²) >= 11 is 0. The van der Waals surface area contributed by atoms with Crippen LogP contribution in [0.15, 0.2) is 377 Å². The van der Waals surface area contributed by atoms with Gasteiger partial charge in [0.15, 0.2) is 0 Å². The number of nitrogens with zero attached hydrogens (tertiary/aromatic N) is 2. The second-order valence-electron chi connectivity index (χ2n) is 26.1. The van der Waals surface area contributed by atoms with Crippen LogP contribution >= 0.6 is 0 Å². The molecule has 0 aliphatic heterocycles. The van der Waals surface area contributed by atoms with Crippen LogP contribution in [0.5, 0.6) is 0 Å². The number of anilines is 6. The highest BCUT2D eigenvalue weighted by atomic mass is 16.3. The molecular formula is C95H60N2O3. The predicted molar refractivity (Wildman–Crippen MR) is 412 cm³/mol. The lowest BCUT2D eigenvalue weighted by atomic mass is 9.68. The van der Waals surface area contributed by atoms with Crippen molar-refractivity contribution >= 4 is 78.0 Å². The molecule has 0 saturated heterocycles. The second-order valence-corrected chi connectivity index (χ2v) is 26.1. The van der Waals surface area contributed by atoms with Crippen LogP contribution in [0.25, 0.3) is 133 Å². The molecule has 3 aromatic heterocycles. The van der Waals surface area contributed by atoms with Crippen LogP contribution < -0.4 is 9.80 Å². The quantitative estimate of drug-likeness (QED) is 0.122. The summed E-state index contributed by atoms with van der Waals surface area (Å²) in [6.45, 7) is 0. The summed E-state index contributed by atoms with van der Waals surface area (Å²) in [5.41, 5.74) is 29.4. The Morgan fingerprint density at radius 1 is 0.210 bits per heavy atom. The maximum absolute atomic E-state index is 7.49. The molecule has 18 aromatic rings. The zero-order valence-electron chi connectivity index (χ0n) is 54.3. The van der Waals surface area contributed by atoms with Crippen molar-refractivity contribution in [3.63, 3.8) is 0 Å². The number of fused-ring (bicyclic) bond motifs is 16. The van der Waals surface area contributed by atoms with Gasteiger partial charge in [-0.15, -0.1) is 0 Å². The van der Waals surface area contributed by atoms with Gasteiger partial charge >= 0.3 is 0 Å². The summed E-state index contributed by atoms with van der Waals surface area (Å²) in [7, 11) is 0. The van der Waals surface area contributed by atoms with Gasteiger partial charge in [-0.25, -0.2) is 0 Å². The summed E-state index contributed by atoms with van der Waals surface area (Å²) in [4.78, 5) is 4.70. The van der Waals surface area contributed by atoms with Crippen molar-refractivity contribution < 1.29 is 13.3 Å². The van der Waals surface area contributed by atoms with Crippen molar-refractivity contribution in [2.75, 3.05) is 9.80 Å². The molecule has 0 N–H and O–H groups in total. The summed E-state index contributed by atoms with van der Waals surface area (Å²) in [5, 5.41) is 4.47. The van der Waals surface area contributed by atoms with Crippen LogP contribution in [0.3, 0.4) is 0 Å². The van der Waals surface area contributed by atoms with Crippen molar-refractivity contribution in [1.29, 1.82) is 0 Å². The SMILES string of the molecule is c1ccc(-c2oc(-c3ccccc3)c3c2-c2ccccc2C32c3ccccc3-c3cc(-c4ccc(N(c5ccccc5)c5ccc(-c6cccc7c6oc6ccccc67)cc5)cc4)cc(-c4ccc(N(c5ccccc5)c5ccc(-c6cccc7c6oc6ccccc67)cc5)cc4)c32)cc1. The molecule has 15 aromatic carbocycles. The highest BCUT2D eigenvalue weighted by Crippen LogP contribution is 2.69. The van der Waals surface area contributed by atoms with Gasteiger partial charge < -0.3 is 23.1 Å². The lowest BCUT2D eigenvalue weighted by molar-refractivity contribution is 0.588. The van der Waals surface area contributed by atoms with Gasteiger partial charge in [-0.2, -0.15) is 0 Å². The Labute approximate surface area is 578 Å². The molecule has 3 heterocycles. The third-order valence-corrected chi connectivity index (χ3v) is 20.7. The van der Waals surface area contributed by atoms with E-state index in [1.807, 2.05) is 24.3 Å². The lowest BCUT2D eigenvalue weighted by Crippen LogP contribution is -2.27. The number of rotatable bonds is 12. The van der Waals surface area contributed by atoms with E-state index in [-0.39, 0.29) is 0 Å². The molecule has 0 fully saturated rings. The molecular weight excluding hydrogens is 1220 g/mol. The molecule has 5 heteroatoms. The first-order valence-electron chi connectivity index (χ1n) is 34.2. The molecule has 1 spiro atoms. The molecule has 100 heavy (non-hydrogen) atoms. The molecule has 2 aliphatic rings. The van der Waals surface area contributed by atoms with Gasteiger partial charge in [0.25, 0.3) is 0 Å². The fraction of sp³-hybridized carbons (Fsp3) is 0.0105. The third kappa shape index (κ3) is 8.89. The number of hydrogen-bond donors (Lipinski definition) is 0. The molecule has 0 saturated carbocycles. The predicted octanol–water partition coefficient (Wildman–Crippen LogP) is 26.4. The average Bonchev–Trinajstić information content (AvgIpc) is 1.49. The van der Waals surface area contributed by atoms with Gasteiger partial charge in [-0.3, -0.25) is 0 Å². The first kappa shape index (κ1) is 57.1. The fourth-order valence-corrected chi connectivity index (χ4v) is 16.3. The van der Waals surface area contributed by atoms with E-state index in [1.54, 1.807) is 0 Å².